The van der Waals surface area contributed by atoms with Crippen molar-refractivity contribution in [2.75, 3.05) is 26.4 Å². The average Bonchev–Trinajstić information content (AvgIpc) is 3.40. The number of aliphatic hydroxyl groups excluding tert-OH is 3. The van der Waals surface area contributed by atoms with Gasteiger partial charge in [0.15, 0.2) is 0 Å². The summed E-state index contributed by atoms with van der Waals surface area (Å²) < 4.78 is 48.8. The quantitative estimate of drug-likeness (QED) is 0.513. The second-order valence-corrected chi connectivity index (χ2v) is 10.4. The lowest BCUT2D eigenvalue weighted by Crippen LogP contribution is -2.50. The van der Waals surface area contributed by atoms with E-state index < -0.39 is 23.3 Å². The van der Waals surface area contributed by atoms with Crippen LogP contribution in [0.15, 0.2) is 12.4 Å². The van der Waals surface area contributed by atoms with E-state index >= 15 is 0 Å². The Morgan fingerprint density at radius 3 is 2.76 bits per heavy atom. The number of thiophene rings is 1. The lowest BCUT2D eigenvalue weighted by molar-refractivity contribution is -0.135. The molecule has 1 spiro atoms. The number of hydrogen-bond donors (Lipinski definition) is 3. The molecule has 0 amide bonds. The molecule has 0 bridgehead atoms. The van der Waals surface area contributed by atoms with Crippen molar-refractivity contribution in [2.24, 2.45) is 5.92 Å². The molecule has 4 rings (SSSR count). The molecule has 7 nitrogen and oxygen atoms in total. The van der Waals surface area contributed by atoms with Gasteiger partial charge >= 0.3 is 6.18 Å². The minimum atomic E-state index is -4.49. The minimum absolute atomic E-state index is 0.0139. The highest BCUT2D eigenvalue weighted by atomic mass is 32.1. The van der Waals surface area contributed by atoms with E-state index in [0.29, 0.717) is 62.4 Å². The van der Waals surface area contributed by atoms with Crippen LogP contribution in [0.5, 0.6) is 0 Å². The fourth-order valence-electron chi connectivity index (χ4n) is 5.28. The summed E-state index contributed by atoms with van der Waals surface area (Å²) in [5.74, 6) is -0.0552. The van der Waals surface area contributed by atoms with Gasteiger partial charge in [-0.25, -0.2) is 0 Å². The predicted octanol–water partition coefficient (Wildman–Crippen LogP) is 2.90. The van der Waals surface area contributed by atoms with Gasteiger partial charge in [0, 0.05) is 67.0 Å². The molecule has 0 saturated carbocycles. The van der Waals surface area contributed by atoms with Crippen LogP contribution >= 0.6 is 11.3 Å². The zero-order valence-corrected chi connectivity index (χ0v) is 20.0. The van der Waals surface area contributed by atoms with E-state index in [1.165, 1.54) is 0 Å². The average molecular weight is 504 g/mol. The van der Waals surface area contributed by atoms with Gasteiger partial charge in [0.05, 0.1) is 19.4 Å². The number of aromatic nitrogens is 2. The van der Waals surface area contributed by atoms with Crippen molar-refractivity contribution in [3.63, 3.8) is 0 Å². The van der Waals surface area contributed by atoms with Crippen molar-refractivity contribution in [1.82, 2.24) is 14.7 Å². The highest BCUT2D eigenvalue weighted by Gasteiger charge is 2.48. The zero-order chi connectivity index (χ0) is 24.5. The summed E-state index contributed by atoms with van der Waals surface area (Å²) in [6, 6.07) is 0.0802. The normalized spacial score (nSPS) is 24.5. The van der Waals surface area contributed by atoms with Gasteiger partial charge in [0.25, 0.3) is 0 Å². The van der Waals surface area contributed by atoms with Crippen molar-refractivity contribution in [3.8, 4) is 0 Å². The summed E-state index contributed by atoms with van der Waals surface area (Å²) >= 11 is 0.741. The topological polar surface area (TPSA) is 91.0 Å². The molecule has 3 atom stereocenters. The molecular formula is C23H32F3N3O4S. The number of alkyl halides is 3. The van der Waals surface area contributed by atoms with Crippen molar-refractivity contribution in [2.45, 2.75) is 70.1 Å². The van der Waals surface area contributed by atoms with E-state index in [-0.39, 0.29) is 30.7 Å². The summed E-state index contributed by atoms with van der Waals surface area (Å²) in [4.78, 5) is 2.22. The number of nitrogens with zero attached hydrogens (tertiary/aromatic N) is 3. The Morgan fingerprint density at radius 1 is 1.32 bits per heavy atom. The lowest BCUT2D eigenvalue weighted by Gasteiger charge is -2.47. The number of hydrogen-bond acceptors (Lipinski definition) is 7. The number of ether oxygens (including phenoxy) is 1. The maximum absolute atomic E-state index is 13.6. The van der Waals surface area contributed by atoms with Crippen molar-refractivity contribution >= 4 is 11.3 Å². The molecule has 2 aromatic rings. The molecule has 1 fully saturated rings. The van der Waals surface area contributed by atoms with Crippen LogP contribution in [-0.4, -0.2) is 62.4 Å². The van der Waals surface area contributed by atoms with Gasteiger partial charge < -0.3 is 20.1 Å². The van der Waals surface area contributed by atoms with Crippen molar-refractivity contribution < 1.29 is 33.2 Å². The first kappa shape index (κ1) is 25.6. The van der Waals surface area contributed by atoms with Crippen LogP contribution < -0.4 is 0 Å². The Bertz CT molecular complexity index is 979. The molecule has 2 aliphatic rings. The van der Waals surface area contributed by atoms with Gasteiger partial charge in [-0.3, -0.25) is 9.58 Å². The largest absolute Gasteiger partial charge is 0.425 e. The highest BCUT2D eigenvalue weighted by Crippen LogP contribution is 2.51. The molecule has 3 N–H and O–H groups in total. The third kappa shape index (κ3) is 5.05. The third-order valence-electron chi connectivity index (χ3n) is 7.04. The lowest BCUT2D eigenvalue weighted by atomic mass is 9.81. The van der Waals surface area contributed by atoms with E-state index in [1.54, 1.807) is 10.9 Å². The van der Waals surface area contributed by atoms with Crippen LogP contribution in [-0.2, 0) is 42.6 Å². The second kappa shape index (κ2) is 10.2. The van der Waals surface area contributed by atoms with Gasteiger partial charge in [-0.15, -0.1) is 11.3 Å². The fourth-order valence-corrected chi connectivity index (χ4v) is 6.69. The molecule has 0 aromatic carbocycles. The van der Waals surface area contributed by atoms with E-state index in [9.17, 15) is 23.4 Å². The predicted molar refractivity (Wildman–Crippen MR) is 120 cm³/mol. The van der Waals surface area contributed by atoms with E-state index in [0.717, 1.165) is 16.9 Å². The van der Waals surface area contributed by atoms with Gasteiger partial charge in [-0.1, -0.05) is 0 Å². The first-order valence-electron chi connectivity index (χ1n) is 11.6. The van der Waals surface area contributed by atoms with Gasteiger partial charge in [0.1, 0.15) is 10.5 Å². The Kier molecular flexibility index (Phi) is 7.70. The summed E-state index contributed by atoms with van der Waals surface area (Å²) in [5.41, 5.74) is 0.908. The highest BCUT2D eigenvalue weighted by molar-refractivity contribution is 7.12. The van der Waals surface area contributed by atoms with Crippen LogP contribution in [0.25, 0.3) is 0 Å². The monoisotopic (exact) mass is 503 g/mol. The van der Waals surface area contributed by atoms with Crippen LogP contribution in [0.4, 0.5) is 13.2 Å². The number of aliphatic hydroxyl groups is 3. The zero-order valence-electron chi connectivity index (χ0n) is 19.2. The van der Waals surface area contributed by atoms with Crippen LogP contribution in [0.1, 0.15) is 52.6 Å². The first-order valence-corrected chi connectivity index (χ1v) is 12.5. The van der Waals surface area contributed by atoms with E-state index in [1.807, 2.05) is 6.20 Å². The molecule has 4 heterocycles. The minimum Gasteiger partial charge on any atom is -0.396 e. The summed E-state index contributed by atoms with van der Waals surface area (Å²) in [6.07, 6.45) is 1.32. The molecule has 11 heteroatoms. The van der Waals surface area contributed by atoms with Gasteiger partial charge in [-0.05, 0) is 38.2 Å². The molecule has 2 aliphatic heterocycles. The Morgan fingerprint density at radius 2 is 2.12 bits per heavy atom. The molecular weight excluding hydrogens is 471 g/mol. The molecule has 0 aliphatic carbocycles. The molecule has 1 unspecified atom stereocenters. The van der Waals surface area contributed by atoms with Crippen LogP contribution in [0, 0.1) is 5.92 Å². The molecule has 34 heavy (non-hydrogen) atoms. The molecule has 0 radical (unpaired) electrons. The number of likely N-dealkylation sites (tertiary alicyclic amines) is 1. The SMILES string of the molecule is C[C@H]1C[C@@]2(CCN1Cc1cnn(CC(CO)CCO)c1)OCCc1c2sc(C(F)(F)F)c1CO. The Labute approximate surface area is 200 Å². The maximum atomic E-state index is 13.6. The Balaban J connectivity index is 1.47. The smallest absolute Gasteiger partial charge is 0.396 e. The first-order chi connectivity index (χ1) is 16.2. The van der Waals surface area contributed by atoms with Crippen LogP contribution in [0.2, 0.25) is 0 Å². The third-order valence-corrected chi connectivity index (χ3v) is 8.55. The van der Waals surface area contributed by atoms with Gasteiger partial charge in [0.2, 0.25) is 0 Å². The number of fused-ring (bicyclic) bond motifs is 2. The van der Waals surface area contributed by atoms with Crippen molar-refractivity contribution in [3.05, 3.63) is 38.8 Å². The molecule has 1 saturated heterocycles. The van der Waals surface area contributed by atoms with E-state index in [2.05, 4.69) is 16.9 Å². The molecule has 2 aromatic heterocycles. The van der Waals surface area contributed by atoms with E-state index in [4.69, 9.17) is 9.84 Å². The summed E-state index contributed by atoms with van der Waals surface area (Å²) in [5, 5.41) is 32.6. The second-order valence-electron chi connectivity index (χ2n) is 9.37. The summed E-state index contributed by atoms with van der Waals surface area (Å²) in [7, 11) is 0. The number of rotatable bonds is 8. The fraction of sp³-hybridized carbons (Fsp3) is 0.696. The maximum Gasteiger partial charge on any atom is 0.425 e. The van der Waals surface area contributed by atoms with Crippen molar-refractivity contribution in [1.29, 1.82) is 0 Å². The Hall–Kier alpha value is -1.50. The van der Waals surface area contributed by atoms with Gasteiger partial charge in [-0.2, -0.15) is 18.3 Å². The molecule has 190 valence electrons. The summed E-state index contributed by atoms with van der Waals surface area (Å²) in [6.45, 7) is 3.67. The number of piperidine rings is 1. The standard InChI is InChI=1S/C23H32F3N3O4S/c1-15-8-22(20-18(3-7-33-22)19(14-32)21(34-20)23(24,25)26)4-5-28(15)10-17-9-27-29(12-17)11-16(13-31)2-6-30/h9,12,15-16,30-32H,2-8,10-11,13-14H2,1H3/t15-,16?,22+/m0/s1. The number of halogens is 3. The van der Waals surface area contributed by atoms with Crippen LogP contribution in [0.3, 0.4) is 0 Å².